The molecule has 2 saturated heterocycles. The number of halogens is 1. The molecule has 26 heavy (non-hydrogen) atoms. The molecule has 0 saturated carbocycles. The average Bonchev–Trinajstić information content (AvgIpc) is 3.03. The first-order valence-electron chi connectivity index (χ1n) is 7.74. The summed E-state index contributed by atoms with van der Waals surface area (Å²) < 4.78 is 35.7. The zero-order chi connectivity index (χ0) is 18.9. The average molecular weight is 398 g/mol. The summed E-state index contributed by atoms with van der Waals surface area (Å²) in [6.45, 7) is -0.470. The van der Waals surface area contributed by atoms with Gasteiger partial charge in [0.1, 0.15) is 12.4 Å². The van der Waals surface area contributed by atoms with Gasteiger partial charge in [0.05, 0.1) is 16.4 Å². The van der Waals surface area contributed by atoms with E-state index in [4.69, 9.17) is 0 Å². The Labute approximate surface area is 153 Å². The largest absolute Gasteiger partial charge is 0.351 e. The van der Waals surface area contributed by atoms with Gasteiger partial charge in [-0.1, -0.05) is 12.1 Å². The molecule has 3 amide bonds. The van der Waals surface area contributed by atoms with Crippen LogP contribution in [0.1, 0.15) is 12.0 Å². The highest BCUT2D eigenvalue weighted by Gasteiger charge is 2.37. The van der Waals surface area contributed by atoms with Gasteiger partial charge < -0.3 is 5.32 Å². The van der Waals surface area contributed by atoms with Crippen molar-refractivity contribution in [2.45, 2.75) is 12.5 Å². The van der Waals surface area contributed by atoms with Crippen LogP contribution in [0, 0.1) is 5.82 Å². The predicted octanol–water partition coefficient (Wildman–Crippen LogP) is 1.17. The zero-order valence-corrected chi connectivity index (χ0v) is 15.1. The van der Waals surface area contributed by atoms with E-state index in [0.717, 1.165) is 4.90 Å². The lowest BCUT2D eigenvalue weighted by Gasteiger charge is -2.15. The monoisotopic (exact) mass is 398 g/mol. The fraction of sp³-hybridized carbons (Fsp3) is 0.312. The van der Waals surface area contributed by atoms with Crippen LogP contribution in [-0.2, 0) is 19.4 Å². The van der Waals surface area contributed by atoms with Crippen LogP contribution in [0.3, 0.4) is 0 Å². The maximum atomic E-state index is 12.9. The third-order valence-electron chi connectivity index (χ3n) is 3.94. The van der Waals surface area contributed by atoms with E-state index in [0.29, 0.717) is 23.7 Å². The number of thioether (sulfide) groups is 1. The molecule has 2 aliphatic heterocycles. The number of nitrogens with one attached hydrogen (secondary N) is 1. The number of hydrogen-bond donors (Lipinski definition) is 1. The van der Waals surface area contributed by atoms with Crippen molar-refractivity contribution in [2.75, 3.05) is 18.1 Å². The van der Waals surface area contributed by atoms with E-state index in [1.54, 1.807) is 0 Å². The number of rotatable bonds is 4. The summed E-state index contributed by atoms with van der Waals surface area (Å²) in [5, 5.41) is 1.95. The van der Waals surface area contributed by atoms with Crippen molar-refractivity contribution in [2.24, 2.45) is 0 Å². The van der Waals surface area contributed by atoms with Crippen LogP contribution in [0.15, 0.2) is 29.2 Å². The predicted molar refractivity (Wildman–Crippen MR) is 94.3 cm³/mol. The summed E-state index contributed by atoms with van der Waals surface area (Å²) in [5.41, 5.74) is 0.553. The van der Waals surface area contributed by atoms with Crippen molar-refractivity contribution in [3.05, 3.63) is 40.6 Å². The minimum absolute atomic E-state index is 0.0138. The van der Waals surface area contributed by atoms with E-state index in [-0.39, 0.29) is 16.4 Å². The number of hydrogen-bond acceptors (Lipinski definition) is 6. The zero-order valence-electron chi connectivity index (χ0n) is 13.5. The van der Waals surface area contributed by atoms with Crippen LogP contribution in [0.4, 0.5) is 9.18 Å². The Bertz CT molecular complexity index is 896. The molecule has 10 heteroatoms. The van der Waals surface area contributed by atoms with Crippen molar-refractivity contribution in [1.82, 2.24) is 10.2 Å². The lowest BCUT2D eigenvalue weighted by atomic mass is 10.2. The van der Waals surface area contributed by atoms with Crippen molar-refractivity contribution in [3.63, 3.8) is 0 Å². The highest BCUT2D eigenvalue weighted by atomic mass is 32.2. The lowest BCUT2D eigenvalue weighted by Crippen LogP contribution is -2.43. The molecule has 138 valence electrons. The minimum atomic E-state index is -3.14. The van der Waals surface area contributed by atoms with Gasteiger partial charge in [0.25, 0.3) is 11.1 Å². The molecular weight excluding hydrogens is 383 g/mol. The van der Waals surface area contributed by atoms with Crippen LogP contribution in [0.5, 0.6) is 0 Å². The molecule has 0 unspecified atom stereocenters. The highest BCUT2D eigenvalue weighted by Crippen LogP contribution is 2.32. The Hall–Kier alpha value is -2.20. The maximum absolute atomic E-state index is 12.9. The smallest absolute Gasteiger partial charge is 0.294 e. The standard InChI is InChI=1S/C16H15FN2O5S2/c17-11-3-1-10(2-4-11)7-13-15(21)19(16(22)25-13)8-14(20)18-12-5-6-26(23,24)9-12/h1-4,7,12H,5-6,8-9H2,(H,18,20)/b13-7-/t12-/m0/s1. The molecule has 2 aliphatic rings. The Kier molecular flexibility index (Phi) is 5.15. The molecule has 1 aromatic rings. The second-order valence-electron chi connectivity index (χ2n) is 5.99. The Balaban J connectivity index is 1.63. The van der Waals surface area contributed by atoms with Crippen molar-refractivity contribution in [1.29, 1.82) is 0 Å². The number of benzene rings is 1. The number of carbonyl (C=O) groups is 3. The number of nitrogens with zero attached hydrogens (tertiary/aromatic N) is 1. The van der Waals surface area contributed by atoms with E-state index in [2.05, 4.69) is 5.32 Å². The van der Waals surface area contributed by atoms with Crippen LogP contribution in [0.25, 0.3) is 6.08 Å². The van der Waals surface area contributed by atoms with Crippen LogP contribution in [0.2, 0.25) is 0 Å². The van der Waals surface area contributed by atoms with E-state index in [9.17, 15) is 27.2 Å². The van der Waals surface area contributed by atoms with Crippen molar-refractivity contribution >= 4 is 44.7 Å². The van der Waals surface area contributed by atoms with E-state index in [1.807, 2.05) is 0 Å². The summed E-state index contributed by atoms with van der Waals surface area (Å²) in [4.78, 5) is 37.3. The summed E-state index contributed by atoms with van der Waals surface area (Å²) in [6, 6.07) is 4.91. The quantitative estimate of drug-likeness (QED) is 0.764. The number of amides is 3. The number of carbonyl (C=O) groups excluding carboxylic acids is 3. The number of imide groups is 1. The SMILES string of the molecule is O=C(CN1C(=O)S/C(=C\c2ccc(F)cc2)C1=O)N[C@H]1CCS(=O)(=O)C1. The number of sulfone groups is 1. The summed E-state index contributed by atoms with van der Waals surface area (Å²) >= 11 is 0.694. The van der Waals surface area contributed by atoms with Gasteiger partial charge in [0.15, 0.2) is 9.84 Å². The van der Waals surface area contributed by atoms with Crippen molar-refractivity contribution < 1.29 is 27.2 Å². The second-order valence-corrected chi connectivity index (χ2v) is 9.21. The van der Waals surface area contributed by atoms with Gasteiger partial charge in [-0.2, -0.15) is 0 Å². The van der Waals surface area contributed by atoms with Gasteiger partial charge in [0, 0.05) is 6.04 Å². The Morgan fingerprint density at radius 2 is 2.00 bits per heavy atom. The van der Waals surface area contributed by atoms with Gasteiger partial charge in [-0.05, 0) is 42.0 Å². The summed E-state index contributed by atoms with van der Waals surface area (Å²) in [7, 11) is -3.14. The first kappa shape index (κ1) is 18.6. The topological polar surface area (TPSA) is 101 Å². The lowest BCUT2D eigenvalue weighted by molar-refractivity contribution is -0.129. The molecule has 2 heterocycles. The van der Waals surface area contributed by atoms with Crippen molar-refractivity contribution in [3.8, 4) is 0 Å². The summed E-state index contributed by atoms with van der Waals surface area (Å²) in [5.74, 6) is -1.73. The Morgan fingerprint density at radius 3 is 2.62 bits per heavy atom. The molecule has 0 radical (unpaired) electrons. The first-order chi connectivity index (χ1) is 12.2. The molecule has 2 fully saturated rings. The fourth-order valence-corrected chi connectivity index (χ4v) is 5.18. The van der Waals surface area contributed by atoms with Gasteiger partial charge in [-0.15, -0.1) is 0 Å². The molecule has 1 atom stereocenters. The van der Waals surface area contributed by atoms with Crippen LogP contribution < -0.4 is 5.32 Å². The van der Waals surface area contributed by atoms with E-state index in [1.165, 1.54) is 30.3 Å². The molecule has 3 rings (SSSR count). The molecule has 1 N–H and O–H groups in total. The molecule has 0 aliphatic carbocycles. The molecule has 1 aromatic carbocycles. The third-order valence-corrected chi connectivity index (χ3v) is 6.62. The van der Waals surface area contributed by atoms with Gasteiger partial charge in [-0.25, -0.2) is 12.8 Å². The second kappa shape index (κ2) is 7.20. The molecule has 0 aromatic heterocycles. The fourth-order valence-electron chi connectivity index (χ4n) is 2.67. The highest BCUT2D eigenvalue weighted by molar-refractivity contribution is 8.18. The van der Waals surface area contributed by atoms with Gasteiger partial charge >= 0.3 is 0 Å². The maximum Gasteiger partial charge on any atom is 0.294 e. The van der Waals surface area contributed by atoms with E-state index < -0.39 is 45.3 Å². The molecular formula is C16H15FN2O5S2. The van der Waals surface area contributed by atoms with E-state index >= 15 is 0 Å². The molecule has 7 nitrogen and oxygen atoms in total. The molecule has 0 spiro atoms. The van der Waals surface area contributed by atoms with Gasteiger partial charge in [-0.3, -0.25) is 19.3 Å². The third kappa shape index (κ3) is 4.31. The normalized spacial score (nSPS) is 23.7. The molecule has 0 bridgehead atoms. The Morgan fingerprint density at radius 1 is 1.31 bits per heavy atom. The minimum Gasteiger partial charge on any atom is -0.351 e. The van der Waals surface area contributed by atoms with Crippen LogP contribution >= 0.6 is 11.8 Å². The summed E-state index contributed by atoms with van der Waals surface area (Å²) in [6.07, 6.45) is 1.77. The first-order valence-corrected chi connectivity index (χ1v) is 10.4. The van der Waals surface area contributed by atoms with Crippen LogP contribution in [-0.4, -0.2) is 54.5 Å². The van der Waals surface area contributed by atoms with Gasteiger partial charge in [0.2, 0.25) is 5.91 Å².